The normalized spacial score (nSPS) is 26.0. The van der Waals surface area contributed by atoms with E-state index < -0.39 is 18.4 Å². The maximum atomic E-state index is 12.8. The van der Waals surface area contributed by atoms with E-state index >= 15 is 0 Å². The van der Waals surface area contributed by atoms with E-state index in [2.05, 4.69) is 5.32 Å². The third-order valence-corrected chi connectivity index (χ3v) is 6.07. The molecule has 1 aromatic carbocycles. The fraction of sp³-hybridized carbons (Fsp3) is 0.429. The molecule has 1 heterocycles. The number of likely N-dealkylation sites (tertiary alicyclic amines) is 1. The average Bonchev–Trinajstić information content (AvgIpc) is 3.43. The number of nitrogens with zero attached hydrogens (tertiary/aromatic N) is 1. The lowest BCUT2D eigenvalue weighted by atomic mass is 9.85. The predicted molar refractivity (Wildman–Crippen MR) is 104 cm³/mol. The second-order valence-corrected chi connectivity index (χ2v) is 7.56. The first kappa shape index (κ1) is 19.9. The summed E-state index contributed by atoms with van der Waals surface area (Å²) in [4.78, 5) is 51.4. The molecule has 3 aliphatic rings. The van der Waals surface area contributed by atoms with Crippen molar-refractivity contribution in [1.82, 2.24) is 4.90 Å². The first-order valence-corrected chi connectivity index (χ1v) is 9.57. The number of anilines is 1. The summed E-state index contributed by atoms with van der Waals surface area (Å²) in [6.45, 7) is -0.418. The van der Waals surface area contributed by atoms with E-state index in [4.69, 9.17) is 14.2 Å². The molecule has 158 valence electrons. The van der Waals surface area contributed by atoms with Gasteiger partial charge >= 0.3 is 5.97 Å². The highest BCUT2D eigenvalue weighted by Crippen LogP contribution is 2.52. The van der Waals surface area contributed by atoms with E-state index in [1.54, 1.807) is 0 Å². The van der Waals surface area contributed by atoms with E-state index in [0.29, 0.717) is 5.75 Å². The number of hydrogen-bond donors (Lipinski definition) is 1. The number of imide groups is 1. The number of methoxy groups -OCH3 is 3. The Bertz CT molecular complexity index is 940. The van der Waals surface area contributed by atoms with Crippen LogP contribution in [0.4, 0.5) is 5.69 Å². The molecule has 30 heavy (non-hydrogen) atoms. The number of fused-ring (bicyclic) bond motifs is 5. The topological polar surface area (TPSA) is 111 Å². The van der Waals surface area contributed by atoms with Gasteiger partial charge in [-0.3, -0.25) is 19.3 Å². The lowest BCUT2D eigenvalue weighted by Gasteiger charge is -2.18. The fourth-order valence-corrected chi connectivity index (χ4v) is 4.71. The highest BCUT2D eigenvalue weighted by Gasteiger charge is 2.59. The maximum absolute atomic E-state index is 12.8. The summed E-state index contributed by atoms with van der Waals surface area (Å²) in [5.74, 6) is -1.91. The fourth-order valence-electron chi connectivity index (χ4n) is 4.71. The molecule has 0 radical (unpaired) electrons. The lowest BCUT2D eigenvalue weighted by molar-refractivity contribution is -0.143. The van der Waals surface area contributed by atoms with Gasteiger partial charge in [-0.15, -0.1) is 0 Å². The molecular formula is C21H22N2O7. The van der Waals surface area contributed by atoms with Crippen LogP contribution in [0.15, 0.2) is 24.3 Å². The molecule has 0 unspecified atom stereocenters. The zero-order chi connectivity index (χ0) is 21.6. The molecule has 1 saturated heterocycles. The summed E-state index contributed by atoms with van der Waals surface area (Å²) >= 11 is 0. The number of esters is 1. The summed E-state index contributed by atoms with van der Waals surface area (Å²) in [5.41, 5.74) is 0.187. The van der Waals surface area contributed by atoms with Crippen molar-refractivity contribution in [1.29, 1.82) is 0 Å². The number of carbonyl (C=O) groups excluding carboxylic acids is 4. The number of benzene rings is 1. The van der Waals surface area contributed by atoms with Gasteiger partial charge in [-0.2, -0.15) is 0 Å². The van der Waals surface area contributed by atoms with E-state index in [-0.39, 0.29) is 52.5 Å². The third-order valence-electron chi connectivity index (χ3n) is 6.07. The van der Waals surface area contributed by atoms with Crippen LogP contribution in [0, 0.1) is 23.7 Å². The highest BCUT2D eigenvalue weighted by molar-refractivity contribution is 6.10. The molecule has 4 atom stereocenters. The number of amides is 3. The third kappa shape index (κ3) is 3.01. The number of allylic oxidation sites excluding steroid dienone is 2. The molecule has 1 aliphatic heterocycles. The largest absolute Gasteiger partial charge is 0.493 e. The minimum Gasteiger partial charge on any atom is -0.493 e. The van der Waals surface area contributed by atoms with Crippen molar-refractivity contribution < 1.29 is 33.4 Å². The number of rotatable bonds is 6. The Morgan fingerprint density at radius 2 is 1.57 bits per heavy atom. The maximum Gasteiger partial charge on any atom is 0.340 e. The summed E-state index contributed by atoms with van der Waals surface area (Å²) in [6.07, 6.45) is 4.81. The Hall–Kier alpha value is -3.36. The number of hydrogen-bond acceptors (Lipinski definition) is 7. The summed E-state index contributed by atoms with van der Waals surface area (Å²) < 4.78 is 15.2. The van der Waals surface area contributed by atoms with E-state index in [1.165, 1.54) is 33.5 Å². The lowest BCUT2D eigenvalue weighted by Crippen LogP contribution is -2.39. The Morgan fingerprint density at radius 3 is 2.10 bits per heavy atom. The van der Waals surface area contributed by atoms with Crippen LogP contribution >= 0.6 is 0 Å². The van der Waals surface area contributed by atoms with Crippen molar-refractivity contribution >= 4 is 29.4 Å². The minimum atomic E-state index is -0.684. The first-order valence-electron chi connectivity index (χ1n) is 9.57. The first-order chi connectivity index (χ1) is 14.4. The molecule has 9 heteroatoms. The minimum absolute atomic E-state index is 0.0571. The van der Waals surface area contributed by atoms with E-state index in [1.807, 2.05) is 12.2 Å². The van der Waals surface area contributed by atoms with Crippen molar-refractivity contribution in [3.63, 3.8) is 0 Å². The van der Waals surface area contributed by atoms with Crippen molar-refractivity contribution in [2.75, 3.05) is 33.2 Å². The molecule has 3 amide bonds. The van der Waals surface area contributed by atoms with E-state index in [0.717, 1.165) is 11.3 Å². The molecule has 9 nitrogen and oxygen atoms in total. The molecule has 1 aromatic rings. The Labute approximate surface area is 172 Å². The van der Waals surface area contributed by atoms with Gasteiger partial charge in [-0.05, 0) is 18.3 Å². The average molecular weight is 414 g/mol. The van der Waals surface area contributed by atoms with Crippen LogP contribution in [0.25, 0.3) is 0 Å². The molecular weight excluding hydrogens is 392 g/mol. The van der Waals surface area contributed by atoms with Gasteiger partial charge in [0.05, 0.1) is 44.4 Å². The molecule has 4 rings (SSSR count). The van der Waals surface area contributed by atoms with Crippen molar-refractivity contribution in [2.24, 2.45) is 23.7 Å². The standard InChI is InChI=1S/C21H22N2O7/c1-28-14-7-12(21(27)30-3)13(8-15(14)29-2)22-16(24)9-23-19(25)17-10-4-5-11(6-10)18(17)20(23)26/h4-5,7-8,10-11,17-18H,6,9H2,1-3H3,(H,22,24)/t10-,11+,17-,18+. The second kappa shape index (κ2) is 7.47. The second-order valence-electron chi connectivity index (χ2n) is 7.56. The van der Waals surface area contributed by atoms with Crippen LogP contribution in [-0.4, -0.2) is 56.5 Å². The number of carbonyl (C=O) groups is 4. The van der Waals surface area contributed by atoms with Crippen molar-refractivity contribution in [3.05, 3.63) is 29.8 Å². The van der Waals surface area contributed by atoms with Gasteiger partial charge in [0.1, 0.15) is 6.54 Å². The molecule has 0 spiro atoms. The SMILES string of the molecule is COC(=O)c1cc(OC)c(OC)cc1NC(=O)CN1C(=O)[C@@H]2[C@H](C1=O)[C@@H]1C=C[C@H]2C1. The van der Waals surface area contributed by atoms with Crippen molar-refractivity contribution in [3.8, 4) is 11.5 Å². The predicted octanol–water partition coefficient (Wildman–Crippen LogP) is 1.24. The van der Waals surface area contributed by atoms with Gasteiger partial charge in [0.15, 0.2) is 11.5 Å². The smallest absolute Gasteiger partial charge is 0.340 e. The molecule has 0 aromatic heterocycles. The summed E-state index contributed by atoms with van der Waals surface area (Å²) in [7, 11) is 4.05. The zero-order valence-corrected chi connectivity index (χ0v) is 16.8. The number of ether oxygens (including phenoxy) is 3. The van der Waals surface area contributed by atoms with Gasteiger partial charge in [0.2, 0.25) is 17.7 Å². The van der Waals surface area contributed by atoms with Gasteiger partial charge < -0.3 is 19.5 Å². The van der Waals surface area contributed by atoms with E-state index in [9.17, 15) is 19.2 Å². The Balaban J connectivity index is 1.54. The van der Waals surface area contributed by atoms with Crippen LogP contribution in [0.5, 0.6) is 11.5 Å². The van der Waals surface area contributed by atoms with Gasteiger partial charge in [-0.25, -0.2) is 4.79 Å². The van der Waals surface area contributed by atoms with Gasteiger partial charge in [0.25, 0.3) is 0 Å². The van der Waals surface area contributed by atoms with Crippen LogP contribution < -0.4 is 14.8 Å². The molecule has 2 bridgehead atoms. The Kier molecular flexibility index (Phi) is 4.97. The van der Waals surface area contributed by atoms with Crippen LogP contribution in [-0.2, 0) is 19.1 Å². The zero-order valence-electron chi connectivity index (χ0n) is 16.8. The van der Waals surface area contributed by atoms with Crippen LogP contribution in [0.2, 0.25) is 0 Å². The number of nitrogens with one attached hydrogen (secondary N) is 1. The molecule has 1 N–H and O–H groups in total. The molecule has 2 fully saturated rings. The Morgan fingerprint density at radius 1 is 1.00 bits per heavy atom. The van der Waals surface area contributed by atoms with Gasteiger partial charge in [0, 0.05) is 12.1 Å². The quantitative estimate of drug-likeness (QED) is 0.423. The van der Waals surface area contributed by atoms with Crippen LogP contribution in [0.3, 0.4) is 0 Å². The van der Waals surface area contributed by atoms with Crippen LogP contribution in [0.1, 0.15) is 16.8 Å². The summed E-state index contributed by atoms with van der Waals surface area (Å²) in [5, 5.41) is 2.59. The van der Waals surface area contributed by atoms with Crippen molar-refractivity contribution in [2.45, 2.75) is 6.42 Å². The summed E-state index contributed by atoms with van der Waals surface area (Å²) in [6, 6.07) is 2.82. The monoisotopic (exact) mass is 414 g/mol. The molecule has 2 aliphatic carbocycles. The van der Waals surface area contributed by atoms with Gasteiger partial charge in [-0.1, -0.05) is 12.2 Å². The molecule has 1 saturated carbocycles. The highest BCUT2D eigenvalue weighted by atomic mass is 16.5.